The summed E-state index contributed by atoms with van der Waals surface area (Å²) in [5.74, 6) is -1.02. The van der Waals surface area contributed by atoms with Crippen LogP contribution in [0.15, 0.2) is 24.5 Å². The minimum atomic E-state index is -4.71. The summed E-state index contributed by atoms with van der Waals surface area (Å²) >= 11 is 0. The fourth-order valence-electron chi connectivity index (χ4n) is 3.78. The Morgan fingerprint density at radius 1 is 1.14 bits per heavy atom. The van der Waals surface area contributed by atoms with Gasteiger partial charge in [-0.25, -0.2) is 18.4 Å². The predicted octanol–water partition coefficient (Wildman–Crippen LogP) is 3.80. The lowest BCUT2D eigenvalue weighted by Gasteiger charge is -2.28. The summed E-state index contributed by atoms with van der Waals surface area (Å²) in [5, 5.41) is 5.70. The molecule has 0 amide bonds. The van der Waals surface area contributed by atoms with Gasteiger partial charge in [-0.15, -0.1) is 0 Å². The van der Waals surface area contributed by atoms with Crippen LogP contribution >= 0.6 is 0 Å². The highest BCUT2D eigenvalue weighted by Crippen LogP contribution is 2.35. The first kappa shape index (κ1) is 27.4. The monoisotopic (exact) mass is 530 g/mol. The van der Waals surface area contributed by atoms with E-state index in [-0.39, 0.29) is 42.0 Å². The van der Waals surface area contributed by atoms with Crippen molar-refractivity contribution in [1.29, 1.82) is 0 Å². The third-order valence-corrected chi connectivity index (χ3v) is 7.01. The van der Waals surface area contributed by atoms with Crippen LogP contribution in [0.3, 0.4) is 0 Å². The van der Waals surface area contributed by atoms with Gasteiger partial charge in [0, 0.05) is 30.5 Å². The van der Waals surface area contributed by atoms with E-state index >= 15 is 0 Å². The third-order valence-electron chi connectivity index (χ3n) is 5.74. The average Bonchev–Trinajstić information content (AvgIpc) is 2.83. The summed E-state index contributed by atoms with van der Waals surface area (Å²) in [5.41, 5.74) is -0.716. The van der Waals surface area contributed by atoms with Gasteiger partial charge in [-0.1, -0.05) is 6.07 Å². The molecule has 0 saturated heterocycles. The molecule has 0 spiro atoms. The number of hydrogen-bond acceptors (Lipinski definition) is 9. The third kappa shape index (κ3) is 7.42. The number of sulfonamides is 1. The molecular weight excluding hydrogens is 501 g/mol. The molecule has 198 valence electrons. The van der Waals surface area contributed by atoms with E-state index in [0.717, 1.165) is 0 Å². The molecule has 2 aromatic heterocycles. The number of carbonyl (C=O) groups is 1. The van der Waals surface area contributed by atoms with Crippen molar-refractivity contribution in [1.82, 2.24) is 15.0 Å². The zero-order valence-electron chi connectivity index (χ0n) is 19.9. The molecule has 0 bridgehead atoms. The summed E-state index contributed by atoms with van der Waals surface area (Å²) in [6, 6.07) is 2.99. The molecule has 0 radical (unpaired) electrons. The predicted molar refractivity (Wildman–Crippen MR) is 128 cm³/mol. The van der Waals surface area contributed by atoms with Crippen LogP contribution in [0, 0.1) is 5.92 Å². The first-order valence-electron chi connectivity index (χ1n) is 11.6. The molecule has 10 nitrogen and oxygen atoms in total. The Morgan fingerprint density at radius 3 is 2.50 bits per heavy atom. The minimum absolute atomic E-state index is 0.0168. The first-order valence-corrected chi connectivity index (χ1v) is 13.2. The minimum Gasteiger partial charge on any atom is -0.466 e. The van der Waals surface area contributed by atoms with E-state index < -0.39 is 27.6 Å². The van der Waals surface area contributed by atoms with Crippen molar-refractivity contribution in [2.24, 2.45) is 5.92 Å². The van der Waals surface area contributed by atoms with Gasteiger partial charge in [-0.2, -0.15) is 18.2 Å². The largest absolute Gasteiger partial charge is 0.466 e. The summed E-state index contributed by atoms with van der Waals surface area (Å²) in [6.45, 7) is 3.35. The van der Waals surface area contributed by atoms with Crippen molar-refractivity contribution in [2.75, 3.05) is 27.7 Å². The van der Waals surface area contributed by atoms with Gasteiger partial charge in [-0.05, 0) is 45.6 Å². The lowest BCUT2D eigenvalue weighted by atomic mass is 9.86. The Balaban J connectivity index is 1.74. The van der Waals surface area contributed by atoms with E-state index in [0.29, 0.717) is 44.1 Å². The maximum atomic E-state index is 13.6. The molecule has 1 aliphatic rings. The fraction of sp³-hybridized carbons (Fsp3) is 0.545. The van der Waals surface area contributed by atoms with Gasteiger partial charge < -0.3 is 15.4 Å². The summed E-state index contributed by atoms with van der Waals surface area (Å²) in [6.07, 6.45) is -0.201. The summed E-state index contributed by atoms with van der Waals surface area (Å²) < 4.78 is 72.1. The zero-order valence-corrected chi connectivity index (χ0v) is 20.7. The van der Waals surface area contributed by atoms with Crippen molar-refractivity contribution in [3.63, 3.8) is 0 Å². The molecule has 0 aliphatic heterocycles. The van der Waals surface area contributed by atoms with Crippen molar-refractivity contribution in [2.45, 2.75) is 58.3 Å². The molecule has 0 aromatic carbocycles. The van der Waals surface area contributed by atoms with Gasteiger partial charge in [0.05, 0.1) is 18.3 Å². The van der Waals surface area contributed by atoms with Crippen LogP contribution in [0.1, 0.15) is 50.7 Å². The van der Waals surface area contributed by atoms with Gasteiger partial charge in [-0.3, -0.25) is 9.52 Å². The highest BCUT2D eigenvalue weighted by Gasteiger charge is 2.35. The van der Waals surface area contributed by atoms with Crippen LogP contribution in [0.25, 0.3) is 0 Å². The van der Waals surface area contributed by atoms with Gasteiger partial charge in [0.25, 0.3) is 0 Å². The molecule has 36 heavy (non-hydrogen) atoms. The number of nitrogens with zero attached hydrogens (tertiary/aromatic N) is 3. The van der Waals surface area contributed by atoms with E-state index in [1.165, 1.54) is 13.1 Å². The van der Waals surface area contributed by atoms with Crippen molar-refractivity contribution < 1.29 is 31.1 Å². The number of hydrogen-bond donors (Lipinski definition) is 3. The molecule has 1 fully saturated rings. The van der Waals surface area contributed by atoms with Crippen LogP contribution in [0.2, 0.25) is 0 Å². The maximum Gasteiger partial charge on any atom is 0.421 e. The first-order chi connectivity index (χ1) is 17.0. The second-order valence-corrected chi connectivity index (χ2v) is 10.3. The van der Waals surface area contributed by atoms with Crippen LogP contribution in [0.4, 0.5) is 30.8 Å². The van der Waals surface area contributed by atoms with Gasteiger partial charge in [0.1, 0.15) is 17.2 Å². The molecule has 3 rings (SSSR count). The van der Waals surface area contributed by atoms with Gasteiger partial charge >= 0.3 is 12.1 Å². The van der Waals surface area contributed by atoms with E-state index in [4.69, 9.17) is 4.74 Å². The van der Waals surface area contributed by atoms with E-state index in [9.17, 15) is 26.4 Å². The van der Waals surface area contributed by atoms with E-state index in [1.54, 1.807) is 19.1 Å². The number of nitrogens with one attached hydrogen (secondary N) is 3. The van der Waals surface area contributed by atoms with Crippen LogP contribution in [-0.2, 0) is 32.3 Å². The molecule has 1 aliphatic carbocycles. The molecule has 1 saturated carbocycles. The molecule has 2 heterocycles. The lowest BCUT2D eigenvalue weighted by Crippen LogP contribution is -2.31. The molecule has 2 aromatic rings. The highest BCUT2D eigenvalue weighted by atomic mass is 32.2. The van der Waals surface area contributed by atoms with E-state index in [2.05, 4.69) is 30.3 Å². The maximum absolute atomic E-state index is 13.6. The number of rotatable bonds is 10. The summed E-state index contributed by atoms with van der Waals surface area (Å²) in [4.78, 5) is 23.8. The Bertz CT molecular complexity index is 1150. The number of esters is 1. The Hall–Kier alpha value is -3.16. The van der Waals surface area contributed by atoms with Crippen molar-refractivity contribution in [3.05, 3.63) is 35.7 Å². The number of halogens is 3. The van der Waals surface area contributed by atoms with Crippen LogP contribution < -0.4 is 15.4 Å². The smallest absolute Gasteiger partial charge is 0.421 e. The Labute approximate surface area is 207 Å². The zero-order chi connectivity index (χ0) is 26.3. The molecule has 14 heteroatoms. The molecule has 0 atom stereocenters. The fourth-order valence-corrected chi connectivity index (χ4v) is 4.40. The number of pyridine rings is 1. The molecule has 0 unspecified atom stereocenters. The molecular formula is C22H29F3N6O4S. The normalized spacial score (nSPS) is 18.4. The lowest BCUT2D eigenvalue weighted by molar-refractivity contribution is -0.149. The second kappa shape index (κ2) is 11.7. The Kier molecular flexibility index (Phi) is 8.93. The number of ether oxygens (including phenoxy) is 1. The number of carbonyl (C=O) groups excluding carboxylic acids is 1. The van der Waals surface area contributed by atoms with Crippen LogP contribution in [0.5, 0.6) is 0 Å². The standard InChI is InChI=1S/C22H29F3N6O4S/c1-3-35-20(32)14-7-9-16(10-8-14)29-21-28-13-17(22(23,24)25)19(30-21)27-12-15-6-5-11-26-18(15)31-36(33,34)4-2/h5-6,11,13-14,16H,3-4,7-10,12H2,1-2H3,(H,26,31)(H2,27,28,29,30). The van der Waals surface area contributed by atoms with Crippen molar-refractivity contribution in [3.8, 4) is 0 Å². The number of anilines is 3. The summed E-state index contributed by atoms with van der Waals surface area (Å²) in [7, 11) is -3.63. The SMILES string of the molecule is CCOC(=O)C1CCC(Nc2ncc(C(F)(F)F)c(NCc3cccnc3NS(=O)(=O)CC)n2)CC1. The van der Waals surface area contributed by atoms with Gasteiger partial charge in [0.2, 0.25) is 16.0 Å². The van der Waals surface area contributed by atoms with Gasteiger partial charge in [0.15, 0.2) is 0 Å². The topological polar surface area (TPSA) is 135 Å². The van der Waals surface area contributed by atoms with Crippen molar-refractivity contribution >= 4 is 33.6 Å². The molecule has 3 N–H and O–H groups in total. The quantitative estimate of drug-likeness (QED) is 0.392. The van der Waals surface area contributed by atoms with Crippen LogP contribution in [-0.4, -0.2) is 47.7 Å². The number of alkyl halides is 3. The Morgan fingerprint density at radius 2 is 1.86 bits per heavy atom. The van der Waals surface area contributed by atoms with E-state index in [1.807, 2.05) is 0 Å². The average molecular weight is 531 g/mol. The second-order valence-electron chi connectivity index (χ2n) is 8.27. The highest BCUT2D eigenvalue weighted by molar-refractivity contribution is 7.92. The number of aromatic nitrogens is 3.